The molecule has 1 heterocycles. The lowest BCUT2D eigenvalue weighted by molar-refractivity contribution is -0.0993. The SMILES string of the molecule is CCC1(CNCC2(C)COC2)CC1. The highest BCUT2D eigenvalue weighted by molar-refractivity contribution is 4.94. The van der Waals surface area contributed by atoms with Crippen LogP contribution >= 0.6 is 0 Å². The molecule has 1 aliphatic heterocycles. The van der Waals surface area contributed by atoms with Crippen LogP contribution in [0.2, 0.25) is 0 Å². The van der Waals surface area contributed by atoms with Crippen LogP contribution in [-0.4, -0.2) is 26.3 Å². The third-order valence-corrected chi connectivity index (χ3v) is 3.66. The minimum atomic E-state index is 0.434. The van der Waals surface area contributed by atoms with Gasteiger partial charge in [0.2, 0.25) is 0 Å². The summed E-state index contributed by atoms with van der Waals surface area (Å²) < 4.78 is 5.22. The third-order valence-electron chi connectivity index (χ3n) is 3.66. The lowest BCUT2D eigenvalue weighted by Crippen LogP contribution is -2.48. The van der Waals surface area contributed by atoms with Gasteiger partial charge in [0.1, 0.15) is 0 Å². The fourth-order valence-electron chi connectivity index (χ4n) is 2.01. The van der Waals surface area contributed by atoms with E-state index in [4.69, 9.17) is 4.74 Å². The molecule has 76 valence electrons. The Kier molecular flexibility index (Phi) is 2.37. The molecule has 0 aromatic heterocycles. The number of hydrogen-bond acceptors (Lipinski definition) is 2. The first-order chi connectivity index (χ1) is 6.18. The quantitative estimate of drug-likeness (QED) is 0.702. The summed E-state index contributed by atoms with van der Waals surface area (Å²) in [7, 11) is 0. The maximum absolute atomic E-state index is 5.22. The van der Waals surface area contributed by atoms with Gasteiger partial charge in [0.25, 0.3) is 0 Å². The first kappa shape index (κ1) is 9.47. The van der Waals surface area contributed by atoms with Gasteiger partial charge in [0, 0.05) is 18.5 Å². The van der Waals surface area contributed by atoms with Crippen LogP contribution in [0.25, 0.3) is 0 Å². The van der Waals surface area contributed by atoms with Crippen molar-refractivity contribution in [2.75, 3.05) is 26.3 Å². The van der Waals surface area contributed by atoms with E-state index in [2.05, 4.69) is 19.2 Å². The topological polar surface area (TPSA) is 21.3 Å². The molecule has 1 saturated heterocycles. The Hall–Kier alpha value is -0.0800. The highest BCUT2D eigenvalue weighted by Crippen LogP contribution is 2.47. The Morgan fingerprint density at radius 1 is 1.23 bits per heavy atom. The lowest BCUT2D eigenvalue weighted by Gasteiger charge is -2.38. The summed E-state index contributed by atoms with van der Waals surface area (Å²) in [5, 5.41) is 3.60. The summed E-state index contributed by atoms with van der Waals surface area (Å²) in [6.07, 6.45) is 4.21. The van der Waals surface area contributed by atoms with E-state index in [1.165, 1.54) is 25.8 Å². The second-order valence-electron chi connectivity index (χ2n) is 5.26. The molecule has 0 bridgehead atoms. The molecule has 1 saturated carbocycles. The van der Waals surface area contributed by atoms with Crippen molar-refractivity contribution >= 4 is 0 Å². The van der Waals surface area contributed by atoms with Crippen molar-refractivity contribution in [3.63, 3.8) is 0 Å². The molecule has 0 aromatic carbocycles. The minimum Gasteiger partial charge on any atom is -0.380 e. The van der Waals surface area contributed by atoms with Crippen molar-refractivity contribution in [3.05, 3.63) is 0 Å². The largest absolute Gasteiger partial charge is 0.380 e. The predicted molar refractivity (Wildman–Crippen MR) is 53.8 cm³/mol. The van der Waals surface area contributed by atoms with Crippen LogP contribution in [0.1, 0.15) is 33.1 Å². The summed E-state index contributed by atoms with van der Waals surface area (Å²) in [4.78, 5) is 0. The van der Waals surface area contributed by atoms with Gasteiger partial charge in [-0.2, -0.15) is 0 Å². The number of ether oxygens (including phenoxy) is 1. The van der Waals surface area contributed by atoms with Gasteiger partial charge >= 0.3 is 0 Å². The van der Waals surface area contributed by atoms with E-state index in [9.17, 15) is 0 Å². The summed E-state index contributed by atoms with van der Waals surface area (Å²) >= 11 is 0. The summed E-state index contributed by atoms with van der Waals surface area (Å²) in [5.41, 5.74) is 1.12. The van der Waals surface area contributed by atoms with Crippen molar-refractivity contribution in [1.29, 1.82) is 0 Å². The fourth-order valence-corrected chi connectivity index (χ4v) is 2.01. The molecule has 0 aromatic rings. The van der Waals surface area contributed by atoms with Crippen LogP contribution in [0.5, 0.6) is 0 Å². The second-order valence-corrected chi connectivity index (χ2v) is 5.26. The molecule has 1 N–H and O–H groups in total. The molecule has 0 atom stereocenters. The van der Waals surface area contributed by atoms with Crippen LogP contribution in [0, 0.1) is 10.8 Å². The maximum Gasteiger partial charge on any atom is 0.0554 e. The zero-order chi connectivity index (χ0) is 9.36. The molecule has 13 heavy (non-hydrogen) atoms. The molecule has 2 fully saturated rings. The molecule has 0 amide bonds. The monoisotopic (exact) mass is 183 g/mol. The number of hydrogen-bond donors (Lipinski definition) is 1. The fraction of sp³-hybridized carbons (Fsp3) is 1.00. The first-order valence-corrected chi connectivity index (χ1v) is 5.47. The Balaban J connectivity index is 1.63. The molecule has 0 unspecified atom stereocenters. The average Bonchev–Trinajstić information content (AvgIpc) is 2.83. The van der Waals surface area contributed by atoms with Gasteiger partial charge in [-0.1, -0.05) is 13.8 Å². The molecule has 0 spiro atoms. The Morgan fingerprint density at radius 2 is 1.92 bits per heavy atom. The highest BCUT2D eigenvalue weighted by Gasteiger charge is 2.41. The molecule has 2 rings (SSSR count). The number of nitrogens with one attached hydrogen (secondary N) is 1. The van der Waals surface area contributed by atoms with Crippen LogP contribution in [-0.2, 0) is 4.74 Å². The van der Waals surface area contributed by atoms with Crippen LogP contribution < -0.4 is 5.32 Å². The van der Waals surface area contributed by atoms with E-state index in [1.807, 2.05) is 0 Å². The van der Waals surface area contributed by atoms with Gasteiger partial charge in [-0.15, -0.1) is 0 Å². The normalized spacial score (nSPS) is 28.2. The van der Waals surface area contributed by atoms with E-state index in [-0.39, 0.29) is 0 Å². The van der Waals surface area contributed by atoms with Gasteiger partial charge in [0.15, 0.2) is 0 Å². The molecule has 1 aliphatic carbocycles. The predicted octanol–water partition coefficient (Wildman–Crippen LogP) is 1.80. The van der Waals surface area contributed by atoms with Gasteiger partial charge in [-0.05, 0) is 24.7 Å². The molecule has 2 aliphatic rings. The lowest BCUT2D eigenvalue weighted by atomic mass is 9.88. The Morgan fingerprint density at radius 3 is 2.31 bits per heavy atom. The van der Waals surface area contributed by atoms with Crippen molar-refractivity contribution in [1.82, 2.24) is 5.32 Å². The molecule has 2 heteroatoms. The average molecular weight is 183 g/mol. The highest BCUT2D eigenvalue weighted by atomic mass is 16.5. The van der Waals surface area contributed by atoms with E-state index >= 15 is 0 Å². The second kappa shape index (κ2) is 3.25. The first-order valence-electron chi connectivity index (χ1n) is 5.47. The van der Waals surface area contributed by atoms with Crippen LogP contribution in [0.4, 0.5) is 0 Å². The van der Waals surface area contributed by atoms with Crippen molar-refractivity contribution in [2.24, 2.45) is 10.8 Å². The summed E-state index contributed by atoms with van der Waals surface area (Å²) in [6, 6.07) is 0. The third kappa shape index (κ3) is 2.05. The standard InChI is InChI=1S/C11H21NO/c1-3-11(4-5-11)7-12-6-10(2)8-13-9-10/h12H,3-9H2,1-2H3. The Labute approximate surface area is 81.0 Å². The molecular weight excluding hydrogens is 162 g/mol. The van der Waals surface area contributed by atoms with Crippen molar-refractivity contribution < 1.29 is 4.74 Å². The molecule has 0 radical (unpaired) electrons. The Bertz CT molecular complexity index is 178. The molecule has 2 nitrogen and oxygen atoms in total. The van der Waals surface area contributed by atoms with Crippen molar-refractivity contribution in [2.45, 2.75) is 33.1 Å². The van der Waals surface area contributed by atoms with Crippen LogP contribution in [0.3, 0.4) is 0 Å². The van der Waals surface area contributed by atoms with E-state index < -0.39 is 0 Å². The maximum atomic E-state index is 5.22. The van der Waals surface area contributed by atoms with Crippen LogP contribution in [0.15, 0.2) is 0 Å². The van der Waals surface area contributed by atoms with Gasteiger partial charge in [-0.25, -0.2) is 0 Å². The van der Waals surface area contributed by atoms with E-state index in [0.29, 0.717) is 10.8 Å². The molecular formula is C11H21NO. The van der Waals surface area contributed by atoms with Gasteiger partial charge in [0.05, 0.1) is 13.2 Å². The van der Waals surface area contributed by atoms with Crippen molar-refractivity contribution in [3.8, 4) is 0 Å². The van der Waals surface area contributed by atoms with Gasteiger partial charge < -0.3 is 10.1 Å². The number of rotatable bonds is 5. The van der Waals surface area contributed by atoms with E-state index in [1.54, 1.807) is 0 Å². The summed E-state index contributed by atoms with van der Waals surface area (Å²) in [6.45, 7) is 8.85. The van der Waals surface area contributed by atoms with Gasteiger partial charge in [-0.3, -0.25) is 0 Å². The summed E-state index contributed by atoms with van der Waals surface area (Å²) in [5.74, 6) is 0. The zero-order valence-electron chi connectivity index (χ0n) is 8.86. The zero-order valence-corrected chi connectivity index (χ0v) is 8.86. The smallest absolute Gasteiger partial charge is 0.0554 e. The minimum absolute atomic E-state index is 0.434. The van der Waals surface area contributed by atoms with E-state index in [0.717, 1.165) is 19.8 Å².